The smallest absolute Gasteiger partial charge is 0.338 e. The fourth-order valence-corrected chi connectivity index (χ4v) is 5.72. The molecule has 216 valence electrons. The molecule has 11 heteroatoms. The lowest BCUT2D eigenvalue weighted by Gasteiger charge is -2.44. The van der Waals surface area contributed by atoms with Crippen LogP contribution in [0.15, 0.2) is 89.7 Å². The van der Waals surface area contributed by atoms with Crippen molar-refractivity contribution in [3.8, 4) is 5.75 Å². The van der Waals surface area contributed by atoms with Crippen LogP contribution in [0.25, 0.3) is 0 Å². The normalized spacial score (nSPS) is 20.3. The molecule has 1 aliphatic heterocycles. The van der Waals surface area contributed by atoms with Gasteiger partial charge in [-0.05, 0) is 47.9 Å². The molecule has 0 bridgehead atoms. The van der Waals surface area contributed by atoms with E-state index in [1.165, 1.54) is 37.6 Å². The third-order valence-corrected chi connectivity index (χ3v) is 7.61. The van der Waals surface area contributed by atoms with E-state index >= 15 is 4.39 Å². The van der Waals surface area contributed by atoms with Crippen LogP contribution in [0.4, 0.5) is 14.5 Å². The number of pyridine rings is 1. The number of aromatic nitrogens is 1. The predicted molar refractivity (Wildman–Crippen MR) is 147 cm³/mol. The molecule has 0 radical (unpaired) electrons. The first-order chi connectivity index (χ1) is 20.2. The van der Waals surface area contributed by atoms with E-state index < -0.39 is 47.1 Å². The number of hydrogen-bond donors (Lipinski definition) is 1. The van der Waals surface area contributed by atoms with E-state index in [0.717, 1.165) is 13.2 Å². The number of benzene rings is 2. The second kappa shape index (κ2) is 11.4. The molecule has 9 nitrogen and oxygen atoms in total. The van der Waals surface area contributed by atoms with Gasteiger partial charge in [-0.3, -0.25) is 19.5 Å². The largest absolute Gasteiger partial charge is 0.497 e. The Kier molecular flexibility index (Phi) is 7.75. The molecule has 2 aromatic carbocycles. The van der Waals surface area contributed by atoms with Crippen LogP contribution in [0.5, 0.6) is 5.75 Å². The van der Waals surface area contributed by atoms with Gasteiger partial charge < -0.3 is 19.9 Å². The lowest BCUT2D eigenvalue weighted by Crippen LogP contribution is -2.46. The third kappa shape index (κ3) is 4.76. The molecule has 2 heterocycles. The molecule has 3 atom stereocenters. The van der Waals surface area contributed by atoms with Crippen molar-refractivity contribution in [3.05, 3.63) is 112 Å². The van der Waals surface area contributed by atoms with Crippen molar-refractivity contribution in [2.75, 3.05) is 26.2 Å². The molecule has 0 saturated heterocycles. The van der Waals surface area contributed by atoms with E-state index in [9.17, 15) is 18.8 Å². The molecule has 1 aromatic heterocycles. The van der Waals surface area contributed by atoms with Gasteiger partial charge in [-0.15, -0.1) is 0 Å². The number of nitrogens with zero attached hydrogens (tertiary/aromatic N) is 2. The number of esters is 2. The van der Waals surface area contributed by atoms with E-state index in [1.54, 1.807) is 36.4 Å². The van der Waals surface area contributed by atoms with Gasteiger partial charge in [0.1, 0.15) is 29.1 Å². The second-order valence-corrected chi connectivity index (χ2v) is 9.75. The number of halogens is 2. The Morgan fingerprint density at radius 2 is 1.74 bits per heavy atom. The number of ketones is 1. The van der Waals surface area contributed by atoms with E-state index in [1.807, 2.05) is 0 Å². The maximum Gasteiger partial charge on any atom is 0.338 e. The van der Waals surface area contributed by atoms with Gasteiger partial charge in [0.15, 0.2) is 5.78 Å². The molecule has 5 rings (SSSR count). The van der Waals surface area contributed by atoms with Crippen molar-refractivity contribution in [2.24, 2.45) is 11.7 Å². The van der Waals surface area contributed by atoms with Gasteiger partial charge in [-0.2, -0.15) is 0 Å². The number of nitrogens with two attached hydrogens (primary N) is 1. The Balaban J connectivity index is 1.82. The zero-order valence-electron chi connectivity index (χ0n) is 23.0. The predicted octanol–water partition coefficient (Wildman–Crippen LogP) is 4.12. The molecule has 0 spiro atoms. The van der Waals surface area contributed by atoms with Gasteiger partial charge in [0.25, 0.3) is 0 Å². The number of methoxy groups -OCH3 is 3. The van der Waals surface area contributed by atoms with Crippen molar-refractivity contribution in [2.45, 2.75) is 18.3 Å². The summed E-state index contributed by atoms with van der Waals surface area (Å²) in [5, 5.41) is 0. The van der Waals surface area contributed by atoms with Crippen LogP contribution in [0.2, 0.25) is 0 Å². The average Bonchev–Trinajstić information content (AvgIpc) is 3.00. The summed E-state index contributed by atoms with van der Waals surface area (Å²) in [5.74, 6) is -6.91. The summed E-state index contributed by atoms with van der Waals surface area (Å²) in [7, 11) is 3.84. The number of allylic oxidation sites excluding steroid dienone is 2. The molecular formula is C31H27F2N3O6. The van der Waals surface area contributed by atoms with E-state index in [0.29, 0.717) is 22.9 Å². The van der Waals surface area contributed by atoms with Crippen LogP contribution in [0.1, 0.15) is 29.4 Å². The highest BCUT2D eigenvalue weighted by Crippen LogP contribution is 2.51. The number of ether oxygens (including phenoxy) is 3. The first-order valence-electron chi connectivity index (χ1n) is 12.9. The molecule has 3 aromatic rings. The van der Waals surface area contributed by atoms with Gasteiger partial charge >= 0.3 is 11.9 Å². The fraction of sp³-hybridized carbons (Fsp3) is 0.226. The third-order valence-electron chi connectivity index (χ3n) is 7.61. The van der Waals surface area contributed by atoms with Gasteiger partial charge in [0.2, 0.25) is 0 Å². The average molecular weight is 576 g/mol. The van der Waals surface area contributed by atoms with Crippen molar-refractivity contribution < 1.29 is 37.4 Å². The highest BCUT2D eigenvalue weighted by molar-refractivity contribution is 6.14. The molecule has 2 N–H and O–H groups in total. The second-order valence-electron chi connectivity index (χ2n) is 9.75. The van der Waals surface area contributed by atoms with Gasteiger partial charge in [-0.25, -0.2) is 13.6 Å². The number of carbonyl (C=O) groups is 3. The van der Waals surface area contributed by atoms with Gasteiger partial charge in [0, 0.05) is 35.6 Å². The van der Waals surface area contributed by atoms with Crippen LogP contribution in [-0.4, -0.2) is 44.0 Å². The number of rotatable bonds is 6. The highest BCUT2D eigenvalue weighted by atomic mass is 19.1. The quantitative estimate of drug-likeness (QED) is 0.342. The summed E-state index contributed by atoms with van der Waals surface area (Å²) in [6.45, 7) is 0. The van der Waals surface area contributed by atoms with Crippen LogP contribution < -0.4 is 15.4 Å². The van der Waals surface area contributed by atoms with Gasteiger partial charge in [-0.1, -0.05) is 18.2 Å². The van der Waals surface area contributed by atoms with Crippen molar-refractivity contribution >= 4 is 23.4 Å². The zero-order chi connectivity index (χ0) is 30.1. The zero-order valence-corrected chi connectivity index (χ0v) is 23.0. The Morgan fingerprint density at radius 3 is 2.33 bits per heavy atom. The first-order valence-corrected chi connectivity index (χ1v) is 12.9. The van der Waals surface area contributed by atoms with E-state index in [4.69, 9.17) is 19.9 Å². The summed E-state index contributed by atoms with van der Waals surface area (Å²) in [5.41, 5.74) is 7.59. The van der Waals surface area contributed by atoms with Crippen LogP contribution >= 0.6 is 0 Å². The SMILES string of the molecule is COC(=O)C1=C(N)N(c2ccc(F)cc2F)C2=C(C(=O)[C@H](C(=O)OC)[C@@H](c3ccc(OC)cc3)C2)[C@@H]1c1cccnc1. The highest BCUT2D eigenvalue weighted by Gasteiger charge is 2.51. The Labute approximate surface area is 240 Å². The minimum Gasteiger partial charge on any atom is -0.497 e. The minimum atomic E-state index is -1.31. The van der Waals surface area contributed by atoms with E-state index in [-0.39, 0.29) is 34.8 Å². The molecule has 0 unspecified atom stereocenters. The number of carbonyl (C=O) groups excluding carboxylic acids is 3. The lowest BCUT2D eigenvalue weighted by molar-refractivity contribution is -0.150. The fourth-order valence-electron chi connectivity index (χ4n) is 5.72. The summed E-state index contributed by atoms with van der Waals surface area (Å²) < 4.78 is 44.7. The molecule has 2 aliphatic rings. The van der Waals surface area contributed by atoms with Crippen LogP contribution in [0, 0.1) is 17.6 Å². The number of Topliss-reactive ketones (excluding diaryl/α,β-unsaturated/α-hetero) is 1. The maximum absolute atomic E-state index is 15.4. The Hall–Kier alpha value is -5.06. The lowest BCUT2D eigenvalue weighted by atomic mass is 9.67. The van der Waals surface area contributed by atoms with E-state index in [2.05, 4.69) is 4.98 Å². The standard InChI is InChI=1S/C31H27F2N3O6/c1-40-19-9-6-16(7-10-19)20-14-23-26(28(37)25(20)30(38)41-2)24(17-5-4-12-35-15-17)27(31(39)42-3)29(34)36(23)22-11-8-18(32)13-21(22)33/h4-13,15,20,24-25H,14,34H2,1-3H3/t20-,24+,25-/m1/s1. The summed E-state index contributed by atoms with van der Waals surface area (Å²) >= 11 is 0. The maximum atomic E-state index is 15.4. The van der Waals surface area contributed by atoms with Crippen molar-refractivity contribution in [1.82, 2.24) is 4.98 Å². The molecule has 0 fully saturated rings. The summed E-state index contributed by atoms with van der Waals surface area (Å²) in [4.78, 5) is 46.4. The van der Waals surface area contributed by atoms with Crippen molar-refractivity contribution in [1.29, 1.82) is 0 Å². The minimum absolute atomic E-state index is 0.00982. The molecule has 0 amide bonds. The first kappa shape index (κ1) is 28.5. The van der Waals surface area contributed by atoms with Crippen LogP contribution in [0.3, 0.4) is 0 Å². The Morgan fingerprint density at radius 1 is 1.00 bits per heavy atom. The molecule has 42 heavy (non-hydrogen) atoms. The number of anilines is 1. The molecule has 0 saturated carbocycles. The molecular weight excluding hydrogens is 548 g/mol. The Bertz CT molecular complexity index is 1620. The summed E-state index contributed by atoms with van der Waals surface area (Å²) in [6, 6.07) is 13.0. The van der Waals surface area contributed by atoms with Crippen molar-refractivity contribution in [3.63, 3.8) is 0 Å². The molecule has 1 aliphatic carbocycles. The summed E-state index contributed by atoms with van der Waals surface area (Å²) in [6.07, 6.45) is 3.00. The number of hydrogen-bond acceptors (Lipinski definition) is 9. The monoisotopic (exact) mass is 575 g/mol. The topological polar surface area (TPSA) is 121 Å². The van der Waals surface area contributed by atoms with Gasteiger partial charge in [0.05, 0.1) is 38.5 Å². The van der Waals surface area contributed by atoms with Crippen LogP contribution in [-0.2, 0) is 23.9 Å².